The van der Waals surface area contributed by atoms with Crippen molar-refractivity contribution < 1.29 is 4.42 Å². The highest BCUT2D eigenvalue weighted by molar-refractivity contribution is 8.13. The van der Waals surface area contributed by atoms with Crippen molar-refractivity contribution in [3.63, 3.8) is 0 Å². The van der Waals surface area contributed by atoms with Crippen LogP contribution in [0.5, 0.6) is 0 Å². The molecule has 0 saturated heterocycles. The van der Waals surface area contributed by atoms with E-state index in [2.05, 4.69) is 17.6 Å². The third-order valence-corrected chi connectivity index (χ3v) is 5.95. The minimum absolute atomic E-state index is 0.0174. The normalized spacial score (nSPS) is 14.1. The molecular weight excluding hydrogens is 364 g/mol. The molecule has 0 amide bonds. The number of aromatic nitrogens is 1. The van der Waals surface area contributed by atoms with Crippen LogP contribution in [0.4, 0.5) is 5.69 Å². The number of rotatable bonds is 3. The van der Waals surface area contributed by atoms with E-state index < -0.39 is 0 Å². The van der Waals surface area contributed by atoms with E-state index in [1.54, 1.807) is 10.6 Å². The monoisotopic (exact) mass is 382 g/mol. The minimum atomic E-state index is -0.0174. The number of hydrogen-bond acceptors (Lipinski definition) is 5. The Morgan fingerprint density at radius 2 is 2.12 bits per heavy atom. The molecule has 1 aliphatic heterocycles. The molecule has 0 radical (unpaired) electrons. The maximum absolute atomic E-state index is 12.5. The van der Waals surface area contributed by atoms with Gasteiger partial charge in [-0.25, -0.2) is 4.99 Å². The maximum Gasteiger partial charge on any atom is 0.269 e. The Morgan fingerprint density at radius 3 is 2.85 bits per heavy atom. The number of fused-ring (bicyclic) bond motifs is 1. The van der Waals surface area contributed by atoms with Gasteiger partial charge in [-0.3, -0.25) is 9.36 Å². The third-order valence-electron chi connectivity index (χ3n) is 4.11. The SMILES string of the molecule is C=c1s/c(=C/c2ccc(SC3=Nc4ccccc4C3)o2)c(=O)n1C(C)C. The average molecular weight is 383 g/mol. The minimum Gasteiger partial charge on any atom is -0.450 e. The summed E-state index contributed by atoms with van der Waals surface area (Å²) in [6, 6.07) is 12.0. The molecule has 6 heteroatoms. The number of aliphatic imine (C=N–C) groups is 1. The van der Waals surface area contributed by atoms with Gasteiger partial charge in [-0.15, -0.1) is 11.3 Å². The summed E-state index contributed by atoms with van der Waals surface area (Å²) in [6.45, 7) is 7.93. The van der Waals surface area contributed by atoms with Gasteiger partial charge in [0, 0.05) is 18.5 Å². The van der Waals surface area contributed by atoms with Crippen molar-refractivity contribution in [3.8, 4) is 0 Å². The second-order valence-electron chi connectivity index (χ2n) is 6.34. The summed E-state index contributed by atoms with van der Waals surface area (Å²) >= 11 is 2.92. The molecule has 0 fully saturated rings. The molecule has 4 rings (SSSR count). The number of hydrogen-bond donors (Lipinski definition) is 0. The molecule has 1 aromatic carbocycles. The lowest BCUT2D eigenvalue weighted by Crippen LogP contribution is -2.32. The Bertz CT molecular complexity index is 1170. The number of nitrogens with zero attached hydrogens (tertiary/aromatic N) is 2. The Labute approximate surface area is 159 Å². The van der Waals surface area contributed by atoms with Crippen molar-refractivity contribution in [2.24, 2.45) is 4.99 Å². The molecule has 1 aliphatic rings. The Morgan fingerprint density at radius 1 is 1.31 bits per heavy atom. The van der Waals surface area contributed by atoms with Crippen LogP contribution in [-0.2, 0) is 6.42 Å². The summed E-state index contributed by atoms with van der Waals surface area (Å²) in [7, 11) is 0. The molecule has 0 spiro atoms. The summed E-state index contributed by atoms with van der Waals surface area (Å²) in [5.41, 5.74) is 2.25. The van der Waals surface area contributed by atoms with E-state index in [9.17, 15) is 4.79 Å². The smallest absolute Gasteiger partial charge is 0.269 e. The molecule has 0 unspecified atom stereocenters. The fourth-order valence-corrected chi connectivity index (χ4v) is 4.83. The van der Waals surface area contributed by atoms with Gasteiger partial charge in [0.05, 0.1) is 19.9 Å². The maximum atomic E-state index is 12.5. The van der Waals surface area contributed by atoms with Gasteiger partial charge in [-0.1, -0.05) is 24.8 Å². The van der Waals surface area contributed by atoms with Crippen LogP contribution >= 0.6 is 23.1 Å². The molecule has 0 N–H and O–H groups in total. The molecule has 0 atom stereocenters. The molecule has 3 aromatic rings. The van der Waals surface area contributed by atoms with Crippen molar-refractivity contribution in [1.29, 1.82) is 0 Å². The molecule has 2 aromatic heterocycles. The van der Waals surface area contributed by atoms with Crippen molar-refractivity contribution in [3.05, 3.63) is 67.3 Å². The lowest BCUT2D eigenvalue weighted by Gasteiger charge is -2.03. The molecule has 26 heavy (non-hydrogen) atoms. The quantitative estimate of drug-likeness (QED) is 0.694. The topological polar surface area (TPSA) is 47.5 Å². The van der Waals surface area contributed by atoms with E-state index in [0.717, 1.165) is 26.9 Å². The van der Waals surface area contributed by atoms with Crippen LogP contribution in [0.2, 0.25) is 0 Å². The highest BCUT2D eigenvalue weighted by Crippen LogP contribution is 2.33. The van der Waals surface area contributed by atoms with E-state index in [1.165, 1.54) is 28.7 Å². The second-order valence-corrected chi connectivity index (χ2v) is 8.54. The summed E-state index contributed by atoms with van der Waals surface area (Å²) < 4.78 is 8.98. The van der Waals surface area contributed by atoms with E-state index in [1.807, 2.05) is 44.2 Å². The molecule has 132 valence electrons. The third kappa shape index (κ3) is 3.22. The van der Waals surface area contributed by atoms with Crippen molar-refractivity contribution in [1.82, 2.24) is 4.57 Å². The van der Waals surface area contributed by atoms with Crippen LogP contribution in [0.1, 0.15) is 31.2 Å². The largest absolute Gasteiger partial charge is 0.450 e. The molecule has 4 nitrogen and oxygen atoms in total. The van der Waals surface area contributed by atoms with Crippen LogP contribution in [-0.4, -0.2) is 9.61 Å². The van der Waals surface area contributed by atoms with Gasteiger partial charge in [0.15, 0.2) is 5.09 Å². The molecule has 0 saturated carbocycles. The van der Waals surface area contributed by atoms with E-state index in [-0.39, 0.29) is 11.6 Å². The predicted molar refractivity (Wildman–Crippen MR) is 109 cm³/mol. The van der Waals surface area contributed by atoms with Crippen LogP contribution in [0.3, 0.4) is 0 Å². The second kappa shape index (κ2) is 6.78. The fourth-order valence-electron chi connectivity index (χ4n) is 2.94. The van der Waals surface area contributed by atoms with Gasteiger partial charge < -0.3 is 4.42 Å². The van der Waals surface area contributed by atoms with E-state index in [4.69, 9.17) is 4.42 Å². The molecular formula is C20H18N2O2S2. The zero-order valence-corrected chi connectivity index (χ0v) is 16.2. The number of para-hydroxylation sites is 1. The van der Waals surface area contributed by atoms with Crippen molar-refractivity contribution in [2.75, 3.05) is 0 Å². The lowest BCUT2D eigenvalue weighted by molar-refractivity contribution is 0.467. The summed E-state index contributed by atoms with van der Waals surface area (Å²) in [5.74, 6) is 0.665. The fraction of sp³-hybridized carbons (Fsp3) is 0.200. The highest BCUT2D eigenvalue weighted by Gasteiger charge is 2.16. The number of furan rings is 1. The van der Waals surface area contributed by atoms with Crippen molar-refractivity contribution >= 4 is 46.5 Å². The van der Waals surface area contributed by atoms with Gasteiger partial charge in [0.2, 0.25) is 0 Å². The average Bonchev–Trinajstić information content (AvgIpc) is 3.26. The Hall–Kier alpha value is -2.31. The summed E-state index contributed by atoms with van der Waals surface area (Å²) in [4.78, 5) is 17.1. The first-order valence-corrected chi connectivity index (χ1v) is 10.00. The summed E-state index contributed by atoms with van der Waals surface area (Å²) in [6.07, 6.45) is 2.62. The number of thiazole rings is 1. The van der Waals surface area contributed by atoms with Gasteiger partial charge >= 0.3 is 0 Å². The van der Waals surface area contributed by atoms with Gasteiger partial charge in [0.1, 0.15) is 5.76 Å². The van der Waals surface area contributed by atoms with E-state index in [0.29, 0.717) is 10.3 Å². The van der Waals surface area contributed by atoms with Crippen LogP contribution in [0.25, 0.3) is 12.7 Å². The first-order valence-electron chi connectivity index (χ1n) is 8.36. The Balaban J connectivity index is 1.58. The Kier molecular flexibility index (Phi) is 4.46. The first-order chi connectivity index (χ1) is 12.5. The molecule has 0 aliphatic carbocycles. The predicted octanol–water partition coefficient (Wildman–Crippen LogP) is 3.70. The van der Waals surface area contributed by atoms with E-state index >= 15 is 0 Å². The van der Waals surface area contributed by atoms with Gasteiger partial charge in [-0.2, -0.15) is 0 Å². The molecule has 0 bridgehead atoms. The first kappa shape index (κ1) is 17.1. The van der Waals surface area contributed by atoms with Gasteiger partial charge in [0.25, 0.3) is 5.56 Å². The number of thioether (sulfide) groups is 1. The standard InChI is InChI=1S/C20H18N2O2S2/c1-12(2)22-13(3)25-17(20(22)23)11-15-8-9-19(24-15)26-18-10-14-6-4-5-7-16(14)21-18/h4-9,11-12H,3,10H2,1-2H3/b17-11+. The zero-order valence-electron chi connectivity index (χ0n) is 14.6. The molecule has 3 heterocycles. The summed E-state index contributed by atoms with van der Waals surface area (Å²) in [5, 5.41) is 1.80. The van der Waals surface area contributed by atoms with Crippen molar-refractivity contribution in [2.45, 2.75) is 31.4 Å². The van der Waals surface area contributed by atoms with Crippen LogP contribution in [0.15, 0.2) is 55.7 Å². The van der Waals surface area contributed by atoms with Crippen LogP contribution in [0, 0.1) is 0 Å². The number of benzene rings is 1. The highest BCUT2D eigenvalue weighted by atomic mass is 32.2. The van der Waals surface area contributed by atoms with Crippen LogP contribution < -0.4 is 14.8 Å². The lowest BCUT2D eigenvalue weighted by atomic mass is 10.2. The van der Waals surface area contributed by atoms with Gasteiger partial charge in [-0.05, 0) is 49.4 Å². The zero-order chi connectivity index (χ0) is 18.3.